The Morgan fingerprint density at radius 1 is 1.21 bits per heavy atom. The number of benzene rings is 1. The second kappa shape index (κ2) is 7.75. The Labute approximate surface area is 147 Å². The van der Waals surface area contributed by atoms with Gasteiger partial charge in [0.2, 0.25) is 0 Å². The average molecular weight is 348 g/mol. The Kier molecular flexibility index (Phi) is 5.94. The van der Waals surface area contributed by atoms with Gasteiger partial charge in [0, 0.05) is 16.3 Å². The van der Waals surface area contributed by atoms with Crippen LogP contribution in [0.2, 0.25) is 0 Å². The van der Waals surface area contributed by atoms with E-state index in [9.17, 15) is 9.59 Å². The van der Waals surface area contributed by atoms with Crippen molar-refractivity contribution in [1.29, 1.82) is 0 Å². The molecule has 0 saturated heterocycles. The van der Waals surface area contributed by atoms with Crippen LogP contribution in [0, 0.1) is 27.7 Å². The first kappa shape index (κ1) is 18.4. The minimum atomic E-state index is -0.380. The molecule has 0 radical (unpaired) electrons. The van der Waals surface area contributed by atoms with Gasteiger partial charge >= 0.3 is 12.0 Å². The maximum atomic E-state index is 12.1. The van der Waals surface area contributed by atoms with Crippen LogP contribution >= 0.6 is 11.8 Å². The predicted octanol–water partition coefficient (Wildman–Crippen LogP) is 3.14. The van der Waals surface area contributed by atoms with Gasteiger partial charge in [0.05, 0.1) is 18.7 Å². The molecule has 1 aromatic rings. The fourth-order valence-corrected chi connectivity index (χ4v) is 3.90. The van der Waals surface area contributed by atoms with Gasteiger partial charge in [-0.15, -0.1) is 11.8 Å². The molecule has 0 spiro atoms. The molecular weight excluding hydrogens is 324 g/mol. The molecule has 0 aliphatic carbocycles. The lowest BCUT2D eigenvalue weighted by Crippen LogP contribution is -2.44. The van der Waals surface area contributed by atoms with Crippen molar-refractivity contribution in [2.45, 2.75) is 39.5 Å². The highest BCUT2D eigenvalue weighted by Gasteiger charge is 2.24. The van der Waals surface area contributed by atoms with E-state index in [1.54, 1.807) is 18.7 Å². The molecule has 6 heteroatoms. The monoisotopic (exact) mass is 348 g/mol. The van der Waals surface area contributed by atoms with E-state index >= 15 is 0 Å². The Hall–Kier alpha value is -1.95. The summed E-state index contributed by atoms with van der Waals surface area (Å²) in [5, 5.41) is 5.37. The van der Waals surface area contributed by atoms with Crippen molar-refractivity contribution in [3.05, 3.63) is 39.6 Å². The normalized spacial score (nSPS) is 14.3. The Morgan fingerprint density at radius 3 is 2.42 bits per heavy atom. The molecule has 5 nitrogen and oxygen atoms in total. The Morgan fingerprint density at radius 2 is 1.83 bits per heavy atom. The summed E-state index contributed by atoms with van der Waals surface area (Å²) in [5.41, 5.74) is 6.08. The summed E-state index contributed by atoms with van der Waals surface area (Å²) < 4.78 is 5.09. The molecule has 1 aliphatic rings. The first-order valence-corrected chi connectivity index (χ1v) is 8.97. The van der Waals surface area contributed by atoms with E-state index in [-0.39, 0.29) is 18.5 Å². The number of aryl methyl sites for hydroxylation is 2. The van der Waals surface area contributed by atoms with Gasteiger partial charge in [-0.25, -0.2) is 9.59 Å². The van der Waals surface area contributed by atoms with Gasteiger partial charge in [-0.3, -0.25) is 0 Å². The van der Waals surface area contributed by atoms with Gasteiger partial charge in [-0.2, -0.15) is 0 Å². The summed E-state index contributed by atoms with van der Waals surface area (Å²) in [6, 6.07) is 1.90. The number of nitrogens with one attached hydrogen (secondary N) is 2. The molecule has 0 bridgehead atoms. The van der Waals surface area contributed by atoms with Crippen molar-refractivity contribution in [2.75, 3.05) is 18.9 Å². The molecule has 0 fully saturated rings. The van der Waals surface area contributed by atoms with E-state index in [1.807, 2.05) is 0 Å². The van der Waals surface area contributed by atoms with E-state index in [1.165, 1.54) is 27.1 Å². The molecule has 0 aromatic heterocycles. The summed E-state index contributed by atoms with van der Waals surface area (Å²) in [5.74, 6) is 0.140. The van der Waals surface area contributed by atoms with Crippen LogP contribution in [0.3, 0.4) is 0 Å². The van der Waals surface area contributed by atoms with Gasteiger partial charge in [0.1, 0.15) is 0 Å². The van der Waals surface area contributed by atoms with E-state index in [2.05, 4.69) is 44.4 Å². The Bertz CT molecular complexity index is 684. The van der Waals surface area contributed by atoms with Crippen molar-refractivity contribution in [3.8, 4) is 0 Å². The highest BCUT2D eigenvalue weighted by molar-refractivity contribution is 7.99. The van der Waals surface area contributed by atoms with Crippen molar-refractivity contribution in [2.24, 2.45) is 0 Å². The molecule has 0 saturated carbocycles. The number of carbonyl (C=O) groups is 2. The van der Waals surface area contributed by atoms with Crippen molar-refractivity contribution in [1.82, 2.24) is 10.6 Å². The van der Waals surface area contributed by atoms with E-state index in [4.69, 9.17) is 4.74 Å². The maximum absolute atomic E-state index is 12.1. The summed E-state index contributed by atoms with van der Waals surface area (Å²) in [6.45, 7) is 10.7. The smallest absolute Gasteiger partial charge is 0.337 e. The quantitative estimate of drug-likeness (QED) is 0.634. The van der Waals surface area contributed by atoms with Gasteiger partial charge < -0.3 is 15.4 Å². The molecule has 130 valence electrons. The predicted molar refractivity (Wildman–Crippen MR) is 96.3 cm³/mol. The molecule has 0 atom stereocenters. The molecule has 1 aromatic carbocycles. The zero-order valence-corrected chi connectivity index (χ0v) is 15.6. The Balaban J connectivity index is 2.28. The zero-order valence-electron chi connectivity index (χ0n) is 14.8. The summed E-state index contributed by atoms with van der Waals surface area (Å²) in [4.78, 5) is 24.9. The van der Waals surface area contributed by atoms with E-state index in [0.717, 1.165) is 0 Å². The van der Waals surface area contributed by atoms with Crippen LogP contribution in [0.15, 0.2) is 22.2 Å². The molecule has 1 aliphatic heterocycles. The van der Waals surface area contributed by atoms with Crippen molar-refractivity contribution >= 4 is 23.8 Å². The van der Waals surface area contributed by atoms with E-state index < -0.39 is 0 Å². The van der Waals surface area contributed by atoms with Gasteiger partial charge in [-0.05, 0) is 56.9 Å². The molecule has 24 heavy (non-hydrogen) atoms. The molecule has 2 amide bonds. The topological polar surface area (TPSA) is 67.4 Å². The number of carbonyl (C=O) groups excluding carboxylic acids is 2. The number of rotatable bonds is 5. The summed E-state index contributed by atoms with van der Waals surface area (Å²) >= 11 is 1.64. The highest BCUT2D eigenvalue weighted by Crippen LogP contribution is 2.32. The van der Waals surface area contributed by atoms with Gasteiger partial charge in [0.25, 0.3) is 0 Å². The largest absolute Gasteiger partial charge is 0.463 e. The van der Waals surface area contributed by atoms with Crippen LogP contribution in [-0.2, 0) is 9.53 Å². The molecule has 1 heterocycles. The van der Waals surface area contributed by atoms with Crippen LogP contribution in [0.4, 0.5) is 4.79 Å². The van der Waals surface area contributed by atoms with Crippen LogP contribution in [0.1, 0.15) is 29.2 Å². The summed E-state index contributed by atoms with van der Waals surface area (Å²) in [6.07, 6.45) is 0. The molecule has 0 unspecified atom stereocenters. The van der Waals surface area contributed by atoms with Crippen molar-refractivity contribution in [3.63, 3.8) is 0 Å². The number of amides is 2. The molecule has 2 N–H and O–H groups in total. The molecular formula is C18H24N2O3S. The minimum Gasteiger partial charge on any atom is -0.463 e. The number of ether oxygens (including phenoxy) is 1. The highest BCUT2D eigenvalue weighted by atomic mass is 32.2. The minimum absolute atomic E-state index is 0.200. The fourth-order valence-electron chi connectivity index (χ4n) is 2.61. The zero-order chi connectivity index (χ0) is 17.9. The standard InChI is InChI=1S/C18H24N2O3S/c1-6-23-17(21)14-8-19-18(22)20-15(14)9-24-16-12(4)10(2)7-11(3)13(16)5/h7H,6,8-9H2,1-5H3,(H2,19,20,22). The maximum Gasteiger partial charge on any atom is 0.337 e. The van der Waals surface area contributed by atoms with Crippen LogP contribution < -0.4 is 10.6 Å². The lowest BCUT2D eigenvalue weighted by atomic mass is 10.0. The lowest BCUT2D eigenvalue weighted by molar-refractivity contribution is -0.138. The number of thioether (sulfide) groups is 1. The molecule has 2 rings (SSSR count). The number of urea groups is 1. The average Bonchev–Trinajstić information content (AvgIpc) is 2.53. The second-order valence-corrected chi connectivity index (χ2v) is 6.85. The van der Waals surface area contributed by atoms with Crippen LogP contribution in [-0.4, -0.2) is 30.9 Å². The van der Waals surface area contributed by atoms with E-state index in [0.29, 0.717) is 23.6 Å². The summed E-state index contributed by atoms with van der Waals surface area (Å²) in [7, 11) is 0. The third kappa shape index (κ3) is 3.93. The SMILES string of the molecule is CCOC(=O)C1=C(CSc2c(C)c(C)cc(C)c2C)NC(=O)NC1. The van der Waals surface area contributed by atoms with Gasteiger partial charge in [-0.1, -0.05) is 6.07 Å². The number of esters is 1. The number of hydrogen-bond donors (Lipinski definition) is 2. The first-order chi connectivity index (χ1) is 11.3. The van der Waals surface area contributed by atoms with Gasteiger partial charge in [0.15, 0.2) is 0 Å². The second-order valence-electron chi connectivity index (χ2n) is 5.86. The van der Waals surface area contributed by atoms with Crippen LogP contribution in [0.5, 0.6) is 0 Å². The van der Waals surface area contributed by atoms with Crippen molar-refractivity contribution < 1.29 is 14.3 Å². The van der Waals surface area contributed by atoms with Crippen LogP contribution in [0.25, 0.3) is 0 Å². The first-order valence-electron chi connectivity index (χ1n) is 7.99. The lowest BCUT2D eigenvalue weighted by Gasteiger charge is -2.22. The third-order valence-corrected chi connectivity index (χ3v) is 5.57. The third-order valence-electron chi connectivity index (χ3n) is 4.23. The fraction of sp³-hybridized carbons (Fsp3) is 0.444. The number of hydrogen-bond acceptors (Lipinski definition) is 4.